The van der Waals surface area contributed by atoms with Crippen LogP contribution in [0, 0.1) is 0 Å². The highest BCUT2D eigenvalue weighted by molar-refractivity contribution is 7.89. The summed E-state index contributed by atoms with van der Waals surface area (Å²) in [6.07, 6.45) is 0. The standard InChI is InChI=1S/C21H30N4O4S/c1-23(2)20-12-11-18(30(27,28)24(3)4)15-19(20)22-21(26)16-25(5)13-14-29-17-9-7-6-8-10-17/h6-12,15H,13-14,16H2,1-5H3,(H,22,26). The highest BCUT2D eigenvalue weighted by Gasteiger charge is 2.20. The van der Waals surface area contributed by atoms with E-state index in [1.54, 1.807) is 6.07 Å². The van der Waals surface area contributed by atoms with Crippen molar-refractivity contribution in [3.63, 3.8) is 0 Å². The maximum Gasteiger partial charge on any atom is 0.242 e. The van der Waals surface area contributed by atoms with Crippen molar-refractivity contribution in [3.8, 4) is 5.75 Å². The number of sulfonamides is 1. The van der Waals surface area contributed by atoms with Crippen LogP contribution < -0.4 is 15.0 Å². The van der Waals surface area contributed by atoms with Crippen molar-refractivity contribution < 1.29 is 17.9 Å². The Kier molecular flexibility index (Phi) is 8.22. The van der Waals surface area contributed by atoms with Gasteiger partial charge in [-0.05, 0) is 37.4 Å². The van der Waals surface area contributed by atoms with Crippen LogP contribution in [0.15, 0.2) is 53.4 Å². The second kappa shape index (κ2) is 10.4. The summed E-state index contributed by atoms with van der Waals surface area (Å²) >= 11 is 0. The van der Waals surface area contributed by atoms with Crippen LogP contribution in [0.25, 0.3) is 0 Å². The molecule has 0 radical (unpaired) electrons. The number of ether oxygens (including phenoxy) is 1. The Morgan fingerprint density at radius 1 is 1.00 bits per heavy atom. The average Bonchev–Trinajstić information content (AvgIpc) is 2.68. The summed E-state index contributed by atoms with van der Waals surface area (Å²) in [7, 11) is 4.83. The molecular weight excluding hydrogens is 404 g/mol. The monoisotopic (exact) mass is 434 g/mol. The van der Waals surface area contributed by atoms with Crippen LogP contribution in [0.5, 0.6) is 5.75 Å². The van der Waals surface area contributed by atoms with Gasteiger partial charge >= 0.3 is 0 Å². The van der Waals surface area contributed by atoms with E-state index in [1.165, 1.54) is 26.2 Å². The number of hydrogen-bond donors (Lipinski definition) is 1. The highest BCUT2D eigenvalue weighted by Crippen LogP contribution is 2.28. The second-order valence-electron chi connectivity index (χ2n) is 7.31. The number of para-hydroxylation sites is 1. The summed E-state index contributed by atoms with van der Waals surface area (Å²) in [6.45, 7) is 1.17. The number of likely N-dealkylation sites (N-methyl/N-ethyl adjacent to an activating group) is 1. The Bertz CT molecular complexity index is 947. The van der Waals surface area contributed by atoms with Crippen molar-refractivity contribution >= 4 is 27.3 Å². The lowest BCUT2D eigenvalue weighted by molar-refractivity contribution is -0.117. The molecule has 0 aliphatic rings. The number of benzene rings is 2. The van der Waals surface area contributed by atoms with E-state index >= 15 is 0 Å². The largest absolute Gasteiger partial charge is 0.492 e. The Balaban J connectivity index is 2.02. The van der Waals surface area contributed by atoms with Gasteiger partial charge in [-0.2, -0.15) is 0 Å². The SMILES string of the molecule is CN(CCOc1ccccc1)CC(=O)Nc1cc(S(=O)(=O)N(C)C)ccc1N(C)C. The van der Waals surface area contributed by atoms with Gasteiger partial charge < -0.3 is 15.0 Å². The lowest BCUT2D eigenvalue weighted by atomic mass is 10.2. The third-order valence-corrected chi connectivity index (χ3v) is 6.21. The van der Waals surface area contributed by atoms with Crippen molar-refractivity contribution in [1.29, 1.82) is 0 Å². The maximum absolute atomic E-state index is 12.6. The van der Waals surface area contributed by atoms with Crippen LogP contribution >= 0.6 is 0 Å². The number of carbonyl (C=O) groups is 1. The summed E-state index contributed by atoms with van der Waals surface area (Å²) < 4.78 is 31.7. The molecule has 0 atom stereocenters. The smallest absolute Gasteiger partial charge is 0.242 e. The third kappa shape index (κ3) is 6.45. The minimum absolute atomic E-state index is 0.123. The number of rotatable bonds is 10. The van der Waals surface area contributed by atoms with Crippen molar-refractivity contribution in [2.24, 2.45) is 0 Å². The van der Waals surface area contributed by atoms with Crippen LogP contribution in [-0.4, -0.2) is 78.5 Å². The summed E-state index contributed by atoms with van der Waals surface area (Å²) in [4.78, 5) is 16.3. The third-order valence-electron chi connectivity index (χ3n) is 4.40. The molecule has 1 N–H and O–H groups in total. The first-order chi connectivity index (χ1) is 14.1. The molecule has 0 bridgehead atoms. The van der Waals surface area contributed by atoms with Crippen molar-refractivity contribution in [3.05, 3.63) is 48.5 Å². The predicted octanol–water partition coefficient (Wildman–Crippen LogP) is 1.95. The molecule has 30 heavy (non-hydrogen) atoms. The highest BCUT2D eigenvalue weighted by atomic mass is 32.2. The summed E-state index contributed by atoms with van der Waals surface area (Å²) in [5, 5.41) is 2.84. The molecular formula is C21H30N4O4S. The van der Waals surface area contributed by atoms with Gasteiger partial charge in [-0.15, -0.1) is 0 Å². The van der Waals surface area contributed by atoms with Gasteiger partial charge in [0.2, 0.25) is 15.9 Å². The number of amides is 1. The van der Waals surface area contributed by atoms with E-state index in [9.17, 15) is 13.2 Å². The van der Waals surface area contributed by atoms with E-state index in [1.807, 2.05) is 61.3 Å². The van der Waals surface area contributed by atoms with Gasteiger partial charge in [0.1, 0.15) is 12.4 Å². The first kappa shape index (κ1) is 23.7. The molecule has 1 amide bonds. The van der Waals surface area contributed by atoms with Crippen LogP contribution in [-0.2, 0) is 14.8 Å². The fourth-order valence-electron chi connectivity index (χ4n) is 2.73. The van der Waals surface area contributed by atoms with Gasteiger partial charge in [-0.3, -0.25) is 9.69 Å². The molecule has 0 aliphatic carbocycles. The molecule has 9 heteroatoms. The molecule has 0 saturated carbocycles. The quantitative estimate of drug-likeness (QED) is 0.616. The molecule has 2 rings (SSSR count). The lowest BCUT2D eigenvalue weighted by Gasteiger charge is -2.21. The Hall–Kier alpha value is -2.62. The molecule has 8 nitrogen and oxygen atoms in total. The fourth-order valence-corrected chi connectivity index (χ4v) is 3.65. The van der Waals surface area contributed by atoms with Crippen LogP contribution in [0.3, 0.4) is 0 Å². The van der Waals surface area contributed by atoms with Crippen molar-refractivity contribution in [2.45, 2.75) is 4.90 Å². The molecule has 0 spiro atoms. The first-order valence-electron chi connectivity index (χ1n) is 9.51. The normalized spacial score (nSPS) is 11.6. The topological polar surface area (TPSA) is 82.2 Å². The Morgan fingerprint density at radius 2 is 1.67 bits per heavy atom. The number of nitrogens with zero attached hydrogens (tertiary/aromatic N) is 3. The van der Waals surface area contributed by atoms with E-state index in [0.717, 1.165) is 15.7 Å². The maximum atomic E-state index is 12.6. The zero-order chi connectivity index (χ0) is 22.3. The molecule has 2 aromatic rings. The van der Waals surface area contributed by atoms with E-state index in [2.05, 4.69) is 5.32 Å². The Morgan fingerprint density at radius 3 is 2.27 bits per heavy atom. The number of anilines is 2. The number of nitrogens with one attached hydrogen (secondary N) is 1. The van der Waals surface area contributed by atoms with Gasteiger partial charge in [-0.25, -0.2) is 12.7 Å². The van der Waals surface area contributed by atoms with Gasteiger partial charge in [0.15, 0.2) is 0 Å². The molecule has 2 aromatic carbocycles. The molecule has 0 saturated heterocycles. The summed E-state index contributed by atoms with van der Waals surface area (Å²) in [5.41, 5.74) is 1.16. The number of hydrogen-bond acceptors (Lipinski definition) is 6. The molecule has 0 heterocycles. The summed E-state index contributed by atoms with van der Waals surface area (Å²) in [6, 6.07) is 14.2. The zero-order valence-corrected chi connectivity index (χ0v) is 18.9. The van der Waals surface area contributed by atoms with Crippen molar-refractivity contribution in [1.82, 2.24) is 9.21 Å². The predicted molar refractivity (Wildman–Crippen MR) is 120 cm³/mol. The van der Waals surface area contributed by atoms with Crippen LogP contribution in [0.2, 0.25) is 0 Å². The Labute approximate surface area is 179 Å². The fraction of sp³-hybridized carbons (Fsp3) is 0.381. The zero-order valence-electron chi connectivity index (χ0n) is 18.1. The van der Waals surface area contributed by atoms with Crippen LogP contribution in [0.1, 0.15) is 0 Å². The van der Waals surface area contributed by atoms with Crippen LogP contribution in [0.4, 0.5) is 11.4 Å². The average molecular weight is 435 g/mol. The second-order valence-corrected chi connectivity index (χ2v) is 9.46. The molecule has 0 aliphatic heterocycles. The van der Waals surface area contributed by atoms with Gasteiger partial charge in [0.05, 0.1) is 22.8 Å². The minimum atomic E-state index is -3.60. The van der Waals surface area contributed by atoms with Gasteiger partial charge in [-0.1, -0.05) is 18.2 Å². The van der Waals surface area contributed by atoms with Gasteiger partial charge in [0.25, 0.3) is 0 Å². The van der Waals surface area contributed by atoms with E-state index in [4.69, 9.17) is 4.74 Å². The van der Waals surface area contributed by atoms with E-state index < -0.39 is 10.0 Å². The number of carbonyl (C=O) groups excluding carboxylic acids is 1. The lowest BCUT2D eigenvalue weighted by Crippen LogP contribution is -2.33. The van der Waals surface area contributed by atoms with E-state index in [-0.39, 0.29) is 17.3 Å². The molecule has 0 fully saturated rings. The molecule has 0 unspecified atom stereocenters. The van der Waals surface area contributed by atoms with Crippen molar-refractivity contribution in [2.75, 3.05) is 65.2 Å². The summed E-state index contributed by atoms with van der Waals surface area (Å²) in [5.74, 6) is 0.546. The van der Waals surface area contributed by atoms with E-state index in [0.29, 0.717) is 18.8 Å². The molecule has 164 valence electrons. The molecule has 0 aromatic heterocycles. The first-order valence-corrected chi connectivity index (χ1v) is 11.0. The van der Waals surface area contributed by atoms with Gasteiger partial charge in [0, 0.05) is 34.7 Å². The minimum Gasteiger partial charge on any atom is -0.492 e.